The molecule has 2 amide bonds. The first-order valence-electron chi connectivity index (χ1n) is 7.82. The number of benzene rings is 1. The minimum Gasteiger partial charge on any atom is -0.394 e. The van der Waals surface area contributed by atoms with E-state index in [1.165, 1.54) is 0 Å². The second kappa shape index (κ2) is 9.79. The van der Waals surface area contributed by atoms with E-state index in [0.717, 1.165) is 18.4 Å². The van der Waals surface area contributed by atoms with Gasteiger partial charge in [0.25, 0.3) is 5.91 Å². The summed E-state index contributed by atoms with van der Waals surface area (Å²) in [5.74, 6) is -0.0616. The second-order valence-corrected chi connectivity index (χ2v) is 5.77. The van der Waals surface area contributed by atoms with Crippen LogP contribution in [-0.4, -0.2) is 48.6 Å². The molecule has 5 nitrogen and oxygen atoms in total. The van der Waals surface area contributed by atoms with Crippen LogP contribution in [0.1, 0.15) is 42.1 Å². The molecule has 0 saturated heterocycles. The van der Waals surface area contributed by atoms with E-state index >= 15 is 0 Å². The van der Waals surface area contributed by atoms with Crippen LogP contribution >= 0.6 is 0 Å². The third-order valence-corrected chi connectivity index (χ3v) is 3.37. The first-order valence-corrected chi connectivity index (χ1v) is 7.82. The molecule has 0 bridgehead atoms. The van der Waals surface area contributed by atoms with Gasteiger partial charge in [0.15, 0.2) is 0 Å². The molecule has 1 rings (SSSR count). The van der Waals surface area contributed by atoms with Crippen molar-refractivity contribution in [3.8, 4) is 0 Å². The molecule has 1 atom stereocenters. The topological polar surface area (TPSA) is 69.6 Å². The minimum atomic E-state index is -0.268. The van der Waals surface area contributed by atoms with E-state index in [0.29, 0.717) is 12.0 Å². The fourth-order valence-corrected chi connectivity index (χ4v) is 1.95. The molecule has 0 spiro atoms. The number of rotatable bonds is 8. The zero-order chi connectivity index (χ0) is 17.2. The highest BCUT2D eigenvalue weighted by Crippen LogP contribution is 2.09. The van der Waals surface area contributed by atoms with E-state index in [1.807, 2.05) is 24.3 Å². The SMILES string of the molecule is C[C@@H](CO)NC(=O)c1cccc(/C=C/CCCC(=O)N(C)C)c1. The predicted octanol–water partition coefficient (Wildman–Crippen LogP) is 2.07. The number of carbonyl (C=O) groups is 2. The molecule has 0 fully saturated rings. The van der Waals surface area contributed by atoms with Crippen LogP contribution in [0.5, 0.6) is 0 Å². The highest BCUT2D eigenvalue weighted by atomic mass is 16.3. The fourth-order valence-electron chi connectivity index (χ4n) is 1.95. The number of carbonyl (C=O) groups excluding carboxylic acids is 2. The van der Waals surface area contributed by atoms with E-state index in [1.54, 1.807) is 38.1 Å². The van der Waals surface area contributed by atoms with Gasteiger partial charge in [0.05, 0.1) is 6.61 Å². The number of nitrogens with zero attached hydrogens (tertiary/aromatic N) is 1. The number of aliphatic hydroxyl groups is 1. The van der Waals surface area contributed by atoms with Crippen molar-refractivity contribution in [2.75, 3.05) is 20.7 Å². The number of amides is 2. The molecule has 0 saturated carbocycles. The average Bonchev–Trinajstić information content (AvgIpc) is 2.54. The van der Waals surface area contributed by atoms with Gasteiger partial charge in [0.2, 0.25) is 5.91 Å². The third-order valence-electron chi connectivity index (χ3n) is 3.37. The molecule has 0 aromatic heterocycles. The van der Waals surface area contributed by atoms with Crippen molar-refractivity contribution in [2.45, 2.75) is 32.2 Å². The molecular formula is C18H26N2O3. The summed E-state index contributed by atoms with van der Waals surface area (Å²) >= 11 is 0. The Morgan fingerprint density at radius 3 is 2.74 bits per heavy atom. The lowest BCUT2D eigenvalue weighted by molar-refractivity contribution is -0.128. The van der Waals surface area contributed by atoms with E-state index in [9.17, 15) is 9.59 Å². The van der Waals surface area contributed by atoms with Gasteiger partial charge < -0.3 is 15.3 Å². The predicted molar refractivity (Wildman–Crippen MR) is 92.0 cm³/mol. The lowest BCUT2D eigenvalue weighted by atomic mass is 10.1. The van der Waals surface area contributed by atoms with Crippen molar-refractivity contribution in [2.24, 2.45) is 0 Å². The standard InChI is InChI=1S/C18H26N2O3/c1-14(13-21)19-18(23)16-10-7-9-15(12-16)8-5-4-6-11-17(22)20(2)3/h5,7-10,12,14,21H,4,6,11,13H2,1-3H3,(H,19,23)/b8-5+/t14-/m0/s1. The minimum absolute atomic E-state index is 0.0863. The smallest absolute Gasteiger partial charge is 0.251 e. The Bertz CT molecular complexity index is 553. The Balaban J connectivity index is 2.52. The highest BCUT2D eigenvalue weighted by molar-refractivity contribution is 5.94. The summed E-state index contributed by atoms with van der Waals surface area (Å²) in [5, 5.41) is 11.7. The number of nitrogens with one attached hydrogen (secondary N) is 1. The van der Waals surface area contributed by atoms with E-state index in [2.05, 4.69) is 5.32 Å². The first kappa shape index (κ1) is 18.9. The van der Waals surface area contributed by atoms with Gasteiger partial charge in [-0.15, -0.1) is 0 Å². The zero-order valence-electron chi connectivity index (χ0n) is 14.1. The number of hydrogen-bond acceptors (Lipinski definition) is 3. The van der Waals surface area contributed by atoms with Crippen LogP contribution < -0.4 is 5.32 Å². The molecule has 23 heavy (non-hydrogen) atoms. The van der Waals surface area contributed by atoms with Gasteiger partial charge >= 0.3 is 0 Å². The van der Waals surface area contributed by atoms with Crippen molar-refractivity contribution in [3.05, 3.63) is 41.5 Å². The zero-order valence-corrected chi connectivity index (χ0v) is 14.1. The van der Waals surface area contributed by atoms with Gasteiger partial charge in [-0.1, -0.05) is 24.3 Å². The quantitative estimate of drug-likeness (QED) is 0.721. The van der Waals surface area contributed by atoms with Crippen LogP contribution in [0.25, 0.3) is 6.08 Å². The van der Waals surface area contributed by atoms with Crippen LogP contribution in [0.3, 0.4) is 0 Å². The highest BCUT2D eigenvalue weighted by Gasteiger charge is 2.08. The Kier molecular flexibility index (Phi) is 8.05. The summed E-state index contributed by atoms with van der Waals surface area (Å²) < 4.78 is 0. The van der Waals surface area contributed by atoms with E-state index in [-0.39, 0.29) is 24.5 Å². The Morgan fingerprint density at radius 1 is 1.35 bits per heavy atom. The Hall–Kier alpha value is -2.14. The molecule has 0 unspecified atom stereocenters. The molecule has 2 N–H and O–H groups in total. The van der Waals surface area contributed by atoms with Crippen molar-refractivity contribution >= 4 is 17.9 Å². The van der Waals surface area contributed by atoms with Crippen LogP contribution in [-0.2, 0) is 4.79 Å². The summed E-state index contributed by atoms with van der Waals surface area (Å²) in [4.78, 5) is 25.0. The molecule has 0 radical (unpaired) electrons. The molecule has 1 aromatic rings. The van der Waals surface area contributed by atoms with Crippen molar-refractivity contribution < 1.29 is 14.7 Å². The summed E-state index contributed by atoms with van der Waals surface area (Å²) in [6.45, 7) is 1.66. The number of aliphatic hydroxyl groups excluding tert-OH is 1. The summed E-state index contributed by atoms with van der Waals surface area (Å²) in [7, 11) is 3.51. The fraction of sp³-hybridized carbons (Fsp3) is 0.444. The maximum atomic E-state index is 12.0. The molecule has 0 heterocycles. The van der Waals surface area contributed by atoms with Crippen LogP contribution in [0.4, 0.5) is 0 Å². The largest absolute Gasteiger partial charge is 0.394 e. The lowest BCUT2D eigenvalue weighted by Crippen LogP contribution is -2.34. The maximum Gasteiger partial charge on any atom is 0.251 e. The van der Waals surface area contributed by atoms with Gasteiger partial charge in [-0.05, 0) is 37.5 Å². The molecule has 1 aromatic carbocycles. The molecular weight excluding hydrogens is 292 g/mol. The van der Waals surface area contributed by atoms with Crippen LogP contribution in [0.2, 0.25) is 0 Å². The van der Waals surface area contributed by atoms with E-state index < -0.39 is 0 Å². The Morgan fingerprint density at radius 2 is 2.09 bits per heavy atom. The maximum absolute atomic E-state index is 12.0. The molecule has 0 aliphatic rings. The van der Waals surface area contributed by atoms with Crippen molar-refractivity contribution in [3.63, 3.8) is 0 Å². The first-order chi connectivity index (χ1) is 10.9. The monoisotopic (exact) mass is 318 g/mol. The van der Waals surface area contributed by atoms with Crippen molar-refractivity contribution in [1.82, 2.24) is 10.2 Å². The van der Waals surface area contributed by atoms with Gasteiger partial charge in [-0.3, -0.25) is 9.59 Å². The Labute approximate surface area is 138 Å². The second-order valence-electron chi connectivity index (χ2n) is 5.77. The van der Waals surface area contributed by atoms with Gasteiger partial charge in [-0.2, -0.15) is 0 Å². The molecule has 126 valence electrons. The summed E-state index contributed by atoms with van der Waals surface area (Å²) in [6, 6.07) is 7.03. The third kappa shape index (κ3) is 7.10. The normalized spacial score (nSPS) is 12.2. The number of hydrogen-bond donors (Lipinski definition) is 2. The average molecular weight is 318 g/mol. The van der Waals surface area contributed by atoms with Crippen LogP contribution in [0.15, 0.2) is 30.3 Å². The summed E-state index contributed by atoms with van der Waals surface area (Å²) in [5.41, 5.74) is 1.50. The lowest BCUT2D eigenvalue weighted by Gasteiger charge is -2.10. The number of unbranched alkanes of at least 4 members (excludes halogenated alkanes) is 1. The molecule has 5 heteroatoms. The van der Waals surface area contributed by atoms with Gasteiger partial charge in [-0.25, -0.2) is 0 Å². The van der Waals surface area contributed by atoms with Crippen LogP contribution in [0, 0.1) is 0 Å². The summed E-state index contributed by atoms with van der Waals surface area (Å²) in [6.07, 6.45) is 6.13. The molecule has 0 aliphatic carbocycles. The van der Waals surface area contributed by atoms with E-state index in [4.69, 9.17) is 5.11 Å². The van der Waals surface area contributed by atoms with Gasteiger partial charge in [0.1, 0.15) is 0 Å². The molecule has 0 aliphatic heterocycles. The van der Waals surface area contributed by atoms with Crippen molar-refractivity contribution in [1.29, 1.82) is 0 Å². The van der Waals surface area contributed by atoms with Gasteiger partial charge in [0, 0.05) is 32.1 Å². The number of allylic oxidation sites excluding steroid dienone is 1.